The Morgan fingerprint density at radius 2 is 2.29 bits per heavy atom. The van der Waals surface area contributed by atoms with Crippen LogP contribution in [0.1, 0.15) is 50.8 Å². The van der Waals surface area contributed by atoms with E-state index >= 15 is 0 Å². The minimum absolute atomic E-state index is 0.204. The summed E-state index contributed by atoms with van der Waals surface area (Å²) in [5.41, 5.74) is 4.14. The van der Waals surface area contributed by atoms with Gasteiger partial charge in [0.15, 0.2) is 0 Å². The molecule has 3 N–H and O–H groups in total. The molecule has 0 bridgehead atoms. The summed E-state index contributed by atoms with van der Waals surface area (Å²) in [7, 11) is 0. The zero-order chi connectivity index (χ0) is 12.3. The number of nitrogens with one attached hydrogen (secondary N) is 1. The molecule has 4 nitrogen and oxygen atoms in total. The van der Waals surface area contributed by atoms with E-state index in [9.17, 15) is 0 Å². The first-order chi connectivity index (χ1) is 8.26. The molecule has 0 amide bonds. The van der Waals surface area contributed by atoms with Gasteiger partial charge in [0.05, 0.1) is 22.4 Å². The van der Waals surface area contributed by atoms with Gasteiger partial charge in [-0.15, -0.1) is 0 Å². The highest BCUT2D eigenvalue weighted by Gasteiger charge is 2.24. The molecule has 2 rings (SSSR count). The second-order valence-corrected chi connectivity index (χ2v) is 5.65. The number of nitrogens with two attached hydrogens (primary N) is 1. The third-order valence-corrected chi connectivity index (χ3v) is 4.32. The second-order valence-electron chi connectivity index (χ2n) is 4.80. The summed E-state index contributed by atoms with van der Waals surface area (Å²) in [5.74, 6) is 6.53. The third kappa shape index (κ3) is 2.89. The molecule has 17 heavy (non-hydrogen) atoms. The molecule has 0 saturated heterocycles. The largest absolute Gasteiger partial charge is 0.271 e. The molecular weight excluding hydrogens is 280 g/mol. The van der Waals surface area contributed by atoms with Crippen molar-refractivity contribution in [1.82, 2.24) is 15.2 Å². The molecule has 0 radical (unpaired) electrons. The Bertz CT molecular complexity index is 357. The fourth-order valence-corrected chi connectivity index (χ4v) is 3.38. The van der Waals surface area contributed by atoms with Crippen LogP contribution >= 0.6 is 15.9 Å². The molecule has 1 aliphatic rings. The summed E-state index contributed by atoms with van der Waals surface area (Å²) in [5, 5.41) is 4.35. The maximum absolute atomic E-state index is 5.72. The number of nitrogens with zero attached hydrogens (tertiary/aromatic N) is 2. The van der Waals surface area contributed by atoms with Crippen LogP contribution in [0.25, 0.3) is 0 Å². The van der Waals surface area contributed by atoms with Crippen molar-refractivity contribution in [3.8, 4) is 0 Å². The van der Waals surface area contributed by atoms with Gasteiger partial charge in [-0.25, -0.2) is 0 Å². The maximum atomic E-state index is 5.72. The van der Waals surface area contributed by atoms with E-state index in [4.69, 9.17) is 5.84 Å². The summed E-state index contributed by atoms with van der Waals surface area (Å²) in [6.45, 7) is 2.98. The van der Waals surface area contributed by atoms with Crippen LogP contribution in [-0.2, 0) is 6.54 Å². The SMILES string of the molecule is CCn1ncc(Br)c1C(CC1CCCC1)NN. The molecule has 1 heterocycles. The first-order valence-corrected chi connectivity index (χ1v) is 7.22. The summed E-state index contributed by atoms with van der Waals surface area (Å²) in [6, 6.07) is 0.204. The van der Waals surface area contributed by atoms with E-state index in [2.05, 4.69) is 33.4 Å². The van der Waals surface area contributed by atoms with Gasteiger partial charge in [0.1, 0.15) is 0 Å². The highest BCUT2D eigenvalue weighted by molar-refractivity contribution is 9.10. The number of aromatic nitrogens is 2. The molecule has 1 aliphatic carbocycles. The zero-order valence-corrected chi connectivity index (χ0v) is 11.9. The van der Waals surface area contributed by atoms with Crippen LogP contribution in [0.5, 0.6) is 0 Å². The summed E-state index contributed by atoms with van der Waals surface area (Å²) in [6.07, 6.45) is 8.40. The predicted molar refractivity (Wildman–Crippen MR) is 72.2 cm³/mol. The van der Waals surface area contributed by atoms with Crippen molar-refractivity contribution in [1.29, 1.82) is 0 Å². The van der Waals surface area contributed by atoms with E-state index in [0.29, 0.717) is 0 Å². The molecular formula is C12H21BrN4. The number of rotatable bonds is 5. The van der Waals surface area contributed by atoms with Crippen LogP contribution in [0.3, 0.4) is 0 Å². The first kappa shape index (κ1) is 13.1. The van der Waals surface area contributed by atoms with E-state index in [-0.39, 0.29) is 6.04 Å². The van der Waals surface area contributed by atoms with Crippen molar-refractivity contribution in [2.24, 2.45) is 11.8 Å². The standard InChI is InChI=1S/C12H21BrN4/c1-2-17-12(10(13)8-15-17)11(16-14)7-9-5-3-4-6-9/h8-9,11,16H,2-7,14H2,1H3. The van der Waals surface area contributed by atoms with Crippen LogP contribution < -0.4 is 11.3 Å². The monoisotopic (exact) mass is 300 g/mol. The van der Waals surface area contributed by atoms with E-state index in [1.54, 1.807) is 0 Å². The van der Waals surface area contributed by atoms with Gasteiger partial charge in [0, 0.05) is 6.54 Å². The van der Waals surface area contributed by atoms with Crippen LogP contribution in [0, 0.1) is 5.92 Å². The molecule has 0 aromatic carbocycles. The number of hydrogen-bond acceptors (Lipinski definition) is 3. The van der Waals surface area contributed by atoms with Crippen molar-refractivity contribution in [3.05, 3.63) is 16.4 Å². The molecule has 1 fully saturated rings. The number of hydrogen-bond donors (Lipinski definition) is 2. The van der Waals surface area contributed by atoms with E-state index < -0.39 is 0 Å². The Morgan fingerprint density at radius 1 is 1.59 bits per heavy atom. The third-order valence-electron chi connectivity index (χ3n) is 3.71. The van der Waals surface area contributed by atoms with Crippen LogP contribution in [-0.4, -0.2) is 9.78 Å². The number of aryl methyl sites for hydroxylation is 1. The molecule has 1 aromatic rings. The normalized spacial score (nSPS) is 18.8. The van der Waals surface area contributed by atoms with Crippen molar-refractivity contribution in [2.45, 2.75) is 51.6 Å². The van der Waals surface area contributed by atoms with Crippen molar-refractivity contribution in [3.63, 3.8) is 0 Å². The highest BCUT2D eigenvalue weighted by atomic mass is 79.9. The van der Waals surface area contributed by atoms with E-state index in [1.165, 1.54) is 31.4 Å². The molecule has 1 atom stereocenters. The molecule has 96 valence electrons. The van der Waals surface area contributed by atoms with Gasteiger partial charge in [0.25, 0.3) is 0 Å². The van der Waals surface area contributed by atoms with E-state index in [0.717, 1.165) is 23.4 Å². The van der Waals surface area contributed by atoms with Gasteiger partial charge in [-0.1, -0.05) is 25.7 Å². The molecule has 1 unspecified atom stereocenters. The van der Waals surface area contributed by atoms with Gasteiger partial charge in [0.2, 0.25) is 0 Å². The Labute approximate surface area is 111 Å². The fourth-order valence-electron chi connectivity index (χ4n) is 2.81. The van der Waals surface area contributed by atoms with Gasteiger partial charge >= 0.3 is 0 Å². The maximum Gasteiger partial charge on any atom is 0.0709 e. The van der Waals surface area contributed by atoms with Crippen molar-refractivity contribution in [2.75, 3.05) is 0 Å². The lowest BCUT2D eigenvalue weighted by molar-refractivity contribution is 0.379. The van der Waals surface area contributed by atoms with Crippen LogP contribution in [0.4, 0.5) is 0 Å². The van der Waals surface area contributed by atoms with Gasteiger partial charge in [-0.3, -0.25) is 16.0 Å². The Hall–Kier alpha value is -0.390. The van der Waals surface area contributed by atoms with Gasteiger partial charge in [-0.05, 0) is 35.2 Å². The topological polar surface area (TPSA) is 55.9 Å². The van der Waals surface area contributed by atoms with Crippen LogP contribution in [0.15, 0.2) is 10.7 Å². The minimum Gasteiger partial charge on any atom is -0.271 e. The van der Waals surface area contributed by atoms with E-state index in [1.807, 2.05) is 10.9 Å². The van der Waals surface area contributed by atoms with Crippen LogP contribution in [0.2, 0.25) is 0 Å². The second kappa shape index (κ2) is 5.98. The summed E-state index contributed by atoms with van der Waals surface area (Å²) in [4.78, 5) is 0. The predicted octanol–water partition coefficient (Wildman–Crippen LogP) is 2.75. The molecule has 0 aliphatic heterocycles. The smallest absolute Gasteiger partial charge is 0.0709 e. The first-order valence-electron chi connectivity index (χ1n) is 6.43. The average Bonchev–Trinajstić information content (AvgIpc) is 2.95. The average molecular weight is 301 g/mol. The molecule has 5 heteroatoms. The highest BCUT2D eigenvalue weighted by Crippen LogP contribution is 2.34. The van der Waals surface area contributed by atoms with Crippen molar-refractivity contribution < 1.29 is 0 Å². The van der Waals surface area contributed by atoms with Gasteiger partial charge in [-0.2, -0.15) is 5.10 Å². The summed E-state index contributed by atoms with van der Waals surface area (Å²) < 4.78 is 3.07. The Kier molecular flexibility index (Phi) is 4.59. The molecule has 1 saturated carbocycles. The fraction of sp³-hybridized carbons (Fsp3) is 0.750. The molecule has 0 spiro atoms. The Morgan fingerprint density at radius 3 is 2.88 bits per heavy atom. The Balaban J connectivity index is 2.12. The minimum atomic E-state index is 0.204. The van der Waals surface area contributed by atoms with Gasteiger partial charge < -0.3 is 0 Å². The lowest BCUT2D eigenvalue weighted by Crippen LogP contribution is -2.31. The summed E-state index contributed by atoms with van der Waals surface area (Å²) >= 11 is 3.57. The lowest BCUT2D eigenvalue weighted by Gasteiger charge is -2.21. The quantitative estimate of drug-likeness (QED) is 0.649. The van der Waals surface area contributed by atoms with Crippen molar-refractivity contribution >= 4 is 15.9 Å². The zero-order valence-electron chi connectivity index (χ0n) is 10.3. The number of halogens is 1. The molecule has 1 aromatic heterocycles. The number of hydrazine groups is 1. The lowest BCUT2D eigenvalue weighted by atomic mass is 9.97.